The lowest BCUT2D eigenvalue weighted by molar-refractivity contribution is 1.26. The monoisotopic (exact) mass is 634 g/mol. The summed E-state index contributed by atoms with van der Waals surface area (Å²) in [5.74, 6) is 0. The molecule has 3 heterocycles. The molecule has 0 amide bonds. The van der Waals surface area contributed by atoms with E-state index in [4.69, 9.17) is 0 Å². The van der Waals surface area contributed by atoms with Crippen molar-refractivity contribution in [2.75, 3.05) is 0 Å². The van der Waals surface area contributed by atoms with Crippen molar-refractivity contribution < 1.29 is 0 Å². The van der Waals surface area contributed by atoms with Crippen molar-refractivity contribution in [2.24, 2.45) is 0 Å². The smallest absolute Gasteiger partial charge is 0.0789 e. The van der Waals surface area contributed by atoms with E-state index in [1.807, 2.05) is 0 Å². The van der Waals surface area contributed by atoms with Crippen molar-refractivity contribution in [1.29, 1.82) is 0 Å². The van der Waals surface area contributed by atoms with Gasteiger partial charge in [0.25, 0.3) is 0 Å². The third kappa shape index (κ3) is 3.73. The van der Waals surface area contributed by atoms with Gasteiger partial charge in [-0.3, -0.25) is 0 Å². The molecular weight excluding hydrogens is 605 g/mol. The van der Waals surface area contributed by atoms with Gasteiger partial charge >= 0.3 is 0 Å². The van der Waals surface area contributed by atoms with Crippen LogP contribution in [0.25, 0.3) is 99.2 Å². The summed E-state index contributed by atoms with van der Waals surface area (Å²) in [6.07, 6.45) is 0. The number of nitrogens with zero attached hydrogens (tertiary/aromatic N) is 2. The highest BCUT2D eigenvalue weighted by Gasteiger charge is 2.25. The maximum Gasteiger partial charge on any atom is 0.0789 e. The highest BCUT2D eigenvalue weighted by Crippen LogP contribution is 2.47. The Morgan fingerprint density at radius 3 is 1.40 bits per heavy atom. The standard InChI is InChI=1S/C48H30N2/c1-3-14-31(15-4-1)33-18-13-19-34(30-33)36-26-28-43-47-45(36)39-22-9-11-24-41(39)49(47)44-29-27-38(46-40-23-10-12-25-42(40)50(43)48(44)46)37-21-8-7-20-35(37)32-16-5-2-6-17-32/h1-30H. The second kappa shape index (κ2) is 10.4. The summed E-state index contributed by atoms with van der Waals surface area (Å²) in [5, 5.41) is 5.12. The minimum absolute atomic E-state index is 1.21. The Kier molecular flexibility index (Phi) is 5.70. The highest BCUT2D eigenvalue weighted by atomic mass is 15.0. The van der Waals surface area contributed by atoms with Gasteiger partial charge in [-0.15, -0.1) is 0 Å². The molecule has 0 fully saturated rings. The number of fused-ring (bicyclic) bond motifs is 8. The summed E-state index contributed by atoms with van der Waals surface area (Å²) >= 11 is 0. The lowest BCUT2D eigenvalue weighted by atomic mass is 9.91. The first-order chi connectivity index (χ1) is 24.8. The van der Waals surface area contributed by atoms with Gasteiger partial charge in [0.05, 0.1) is 33.1 Å². The summed E-state index contributed by atoms with van der Waals surface area (Å²) in [4.78, 5) is 0. The Morgan fingerprint density at radius 2 is 0.740 bits per heavy atom. The molecule has 0 saturated heterocycles. The van der Waals surface area contributed by atoms with Crippen LogP contribution in [0.3, 0.4) is 0 Å². The van der Waals surface area contributed by atoms with Crippen molar-refractivity contribution in [1.82, 2.24) is 8.80 Å². The minimum atomic E-state index is 1.21. The van der Waals surface area contributed by atoms with E-state index in [0.717, 1.165) is 0 Å². The molecule has 0 aliphatic heterocycles. The summed E-state index contributed by atoms with van der Waals surface area (Å²) in [6.45, 7) is 0. The summed E-state index contributed by atoms with van der Waals surface area (Å²) in [7, 11) is 0. The fourth-order valence-electron chi connectivity index (χ4n) is 8.57. The van der Waals surface area contributed by atoms with Crippen LogP contribution in [-0.4, -0.2) is 8.80 Å². The Bertz CT molecular complexity index is 3070. The average Bonchev–Trinajstić information content (AvgIpc) is 3.73. The second-order valence-corrected chi connectivity index (χ2v) is 13.3. The molecule has 0 N–H and O–H groups in total. The van der Waals surface area contributed by atoms with E-state index in [-0.39, 0.29) is 0 Å². The van der Waals surface area contributed by atoms with Gasteiger partial charge in [0.1, 0.15) is 0 Å². The van der Waals surface area contributed by atoms with Crippen molar-refractivity contribution >= 4 is 54.6 Å². The molecule has 11 rings (SSSR count). The van der Waals surface area contributed by atoms with Crippen molar-refractivity contribution in [2.45, 2.75) is 0 Å². The Balaban J connectivity index is 1.29. The van der Waals surface area contributed by atoms with Gasteiger partial charge in [-0.1, -0.05) is 152 Å². The van der Waals surface area contributed by atoms with Crippen molar-refractivity contribution in [3.63, 3.8) is 0 Å². The third-order valence-electron chi connectivity index (χ3n) is 10.7. The zero-order valence-electron chi connectivity index (χ0n) is 27.2. The number of rotatable bonds is 4. The largest absolute Gasteiger partial charge is 0.305 e. The maximum atomic E-state index is 2.53. The number of para-hydroxylation sites is 2. The van der Waals surface area contributed by atoms with E-state index < -0.39 is 0 Å². The molecule has 0 bridgehead atoms. The van der Waals surface area contributed by atoms with Gasteiger partial charge < -0.3 is 8.80 Å². The lowest BCUT2D eigenvalue weighted by Gasteiger charge is -2.16. The quantitative estimate of drug-likeness (QED) is 0.170. The molecule has 2 nitrogen and oxygen atoms in total. The first-order valence-electron chi connectivity index (χ1n) is 17.3. The van der Waals surface area contributed by atoms with Gasteiger partial charge in [-0.05, 0) is 74.8 Å². The van der Waals surface area contributed by atoms with Gasteiger partial charge in [0.15, 0.2) is 0 Å². The first kappa shape index (κ1) is 27.3. The van der Waals surface area contributed by atoms with Crippen LogP contribution in [0.5, 0.6) is 0 Å². The topological polar surface area (TPSA) is 8.82 Å². The molecule has 3 aromatic heterocycles. The fraction of sp³-hybridized carbons (Fsp3) is 0. The molecule has 50 heavy (non-hydrogen) atoms. The molecule has 0 spiro atoms. The SMILES string of the molecule is c1ccc(-c2cccc(-c3ccc4c5c3c3ccccc3n5c3ccc(-c5ccccc5-c5ccccc5)c5c6ccccc6n4c53)c2)cc1. The number of benzene rings is 8. The van der Waals surface area contributed by atoms with Crippen molar-refractivity contribution in [3.05, 3.63) is 182 Å². The molecule has 2 heteroatoms. The van der Waals surface area contributed by atoms with Crippen LogP contribution in [0.15, 0.2) is 182 Å². The molecule has 0 radical (unpaired) electrons. The molecule has 0 aliphatic rings. The molecule has 0 atom stereocenters. The molecule has 232 valence electrons. The van der Waals surface area contributed by atoms with Crippen LogP contribution < -0.4 is 0 Å². The molecule has 0 saturated carbocycles. The number of hydrogen-bond donors (Lipinski definition) is 0. The van der Waals surface area contributed by atoms with Crippen LogP contribution in [0.1, 0.15) is 0 Å². The van der Waals surface area contributed by atoms with Gasteiger partial charge in [-0.25, -0.2) is 0 Å². The van der Waals surface area contributed by atoms with Crippen LogP contribution in [-0.2, 0) is 0 Å². The van der Waals surface area contributed by atoms with E-state index >= 15 is 0 Å². The van der Waals surface area contributed by atoms with Gasteiger partial charge in [0.2, 0.25) is 0 Å². The number of aromatic nitrogens is 2. The predicted octanol–water partition coefficient (Wildman–Crippen LogP) is 12.9. The Labute approximate surface area is 289 Å². The summed E-state index contributed by atoms with van der Waals surface area (Å²) < 4.78 is 5.05. The van der Waals surface area contributed by atoms with Crippen molar-refractivity contribution in [3.8, 4) is 44.5 Å². The normalized spacial score (nSPS) is 12.0. The molecular formula is C48H30N2. The minimum Gasteiger partial charge on any atom is -0.305 e. The Hall–Kier alpha value is -6.64. The zero-order chi connectivity index (χ0) is 32.8. The second-order valence-electron chi connectivity index (χ2n) is 13.3. The van der Waals surface area contributed by atoms with E-state index in [9.17, 15) is 0 Å². The molecule has 11 aromatic rings. The summed E-state index contributed by atoms with van der Waals surface area (Å²) in [5.41, 5.74) is 17.3. The van der Waals surface area contributed by atoms with Gasteiger partial charge in [0, 0.05) is 21.5 Å². The van der Waals surface area contributed by atoms with Gasteiger partial charge in [-0.2, -0.15) is 0 Å². The third-order valence-corrected chi connectivity index (χ3v) is 10.7. The van der Waals surface area contributed by atoms with Crippen LogP contribution in [0, 0.1) is 0 Å². The van der Waals surface area contributed by atoms with E-state index in [1.54, 1.807) is 0 Å². The lowest BCUT2D eigenvalue weighted by Crippen LogP contribution is -1.98. The maximum absolute atomic E-state index is 2.53. The van der Waals surface area contributed by atoms with E-state index in [2.05, 4.69) is 191 Å². The zero-order valence-corrected chi connectivity index (χ0v) is 27.2. The summed E-state index contributed by atoms with van der Waals surface area (Å²) in [6, 6.07) is 66.5. The predicted molar refractivity (Wildman–Crippen MR) is 211 cm³/mol. The first-order valence-corrected chi connectivity index (χ1v) is 17.3. The van der Waals surface area contributed by atoms with E-state index in [1.165, 1.54) is 99.2 Å². The molecule has 8 aromatic carbocycles. The van der Waals surface area contributed by atoms with Crippen LogP contribution >= 0.6 is 0 Å². The molecule has 0 unspecified atom stereocenters. The van der Waals surface area contributed by atoms with Crippen LogP contribution in [0.4, 0.5) is 0 Å². The fourth-order valence-corrected chi connectivity index (χ4v) is 8.57. The Morgan fingerprint density at radius 1 is 0.260 bits per heavy atom. The number of hydrogen-bond acceptors (Lipinski definition) is 0. The highest BCUT2D eigenvalue weighted by molar-refractivity contribution is 6.27. The van der Waals surface area contributed by atoms with Crippen LogP contribution in [0.2, 0.25) is 0 Å². The molecule has 0 aliphatic carbocycles. The average molecular weight is 635 g/mol. The van der Waals surface area contributed by atoms with E-state index in [0.29, 0.717) is 0 Å².